The largest absolute Gasteiger partial charge is 0.359 e. The molecule has 0 saturated heterocycles. The van der Waals surface area contributed by atoms with E-state index in [-0.39, 0.29) is 18.9 Å². The summed E-state index contributed by atoms with van der Waals surface area (Å²) in [7, 11) is 1.55. The molecule has 34 heavy (non-hydrogen) atoms. The highest BCUT2D eigenvalue weighted by atomic mass is 35.5. The van der Waals surface area contributed by atoms with Gasteiger partial charge >= 0.3 is 5.69 Å². The summed E-state index contributed by atoms with van der Waals surface area (Å²) in [6, 6.07) is 19.9. The molecular weight excluding hydrogens is 456 g/mol. The first-order valence-corrected chi connectivity index (χ1v) is 10.8. The molecule has 9 heteroatoms. The molecule has 172 valence electrons. The van der Waals surface area contributed by atoms with Crippen LogP contribution in [-0.4, -0.2) is 28.0 Å². The number of aromatic nitrogens is 2. The number of likely N-dealkylation sites (N-methyl/N-ethyl adjacent to an activating group) is 1. The molecule has 1 heterocycles. The maximum absolute atomic E-state index is 13.4. The Balaban J connectivity index is 1.76. The highest BCUT2D eigenvalue weighted by molar-refractivity contribution is 6.30. The Morgan fingerprint density at radius 2 is 1.65 bits per heavy atom. The number of nitrogens with zero attached hydrogens (tertiary/aromatic N) is 2. The number of hydrogen-bond acceptors (Lipinski definition) is 4. The molecule has 4 rings (SSSR count). The van der Waals surface area contributed by atoms with E-state index in [4.69, 9.17) is 11.6 Å². The number of carbonyl (C=O) groups excluding carboxylic acids is 2. The molecule has 0 radical (unpaired) electrons. The van der Waals surface area contributed by atoms with Crippen molar-refractivity contribution in [3.8, 4) is 5.69 Å². The molecule has 0 aliphatic heterocycles. The van der Waals surface area contributed by atoms with Crippen molar-refractivity contribution in [2.24, 2.45) is 0 Å². The lowest BCUT2D eigenvalue weighted by atomic mass is 10.1. The third-order valence-corrected chi connectivity index (χ3v) is 5.53. The zero-order valence-corrected chi connectivity index (χ0v) is 19.0. The third kappa shape index (κ3) is 4.77. The lowest BCUT2D eigenvalue weighted by molar-refractivity contribution is -0.120. The fraction of sp³-hybridized carbons (Fsp3) is 0.120. The van der Waals surface area contributed by atoms with Crippen LogP contribution in [0.1, 0.15) is 5.56 Å². The van der Waals surface area contributed by atoms with Crippen molar-refractivity contribution in [2.45, 2.75) is 13.0 Å². The van der Waals surface area contributed by atoms with Crippen LogP contribution in [-0.2, 0) is 22.6 Å². The van der Waals surface area contributed by atoms with E-state index in [0.717, 1.165) is 10.1 Å². The van der Waals surface area contributed by atoms with Crippen molar-refractivity contribution in [1.29, 1.82) is 0 Å². The fourth-order valence-corrected chi connectivity index (χ4v) is 3.84. The Kier molecular flexibility index (Phi) is 6.60. The lowest BCUT2D eigenvalue weighted by Gasteiger charge is -2.14. The number of anilines is 1. The highest BCUT2D eigenvalue weighted by Gasteiger charge is 2.17. The van der Waals surface area contributed by atoms with E-state index in [0.29, 0.717) is 27.3 Å². The van der Waals surface area contributed by atoms with Gasteiger partial charge in [-0.15, -0.1) is 0 Å². The Labute approximate surface area is 199 Å². The zero-order valence-electron chi connectivity index (χ0n) is 18.2. The average molecular weight is 477 g/mol. The van der Waals surface area contributed by atoms with Gasteiger partial charge in [-0.1, -0.05) is 41.9 Å². The molecule has 0 bridgehead atoms. The second-order valence-corrected chi connectivity index (χ2v) is 8.04. The van der Waals surface area contributed by atoms with E-state index >= 15 is 0 Å². The average Bonchev–Trinajstić information content (AvgIpc) is 2.83. The molecule has 0 aliphatic rings. The molecule has 0 spiro atoms. The van der Waals surface area contributed by atoms with Crippen LogP contribution in [0.25, 0.3) is 16.6 Å². The number of para-hydroxylation sites is 1. The van der Waals surface area contributed by atoms with E-state index in [1.165, 1.54) is 4.57 Å². The predicted molar refractivity (Wildman–Crippen MR) is 132 cm³/mol. The lowest BCUT2D eigenvalue weighted by Crippen LogP contribution is -2.40. The molecule has 0 aliphatic carbocycles. The summed E-state index contributed by atoms with van der Waals surface area (Å²) in [4.78, 5) is 51.0. The Morgan fingerprint density at radius 1 is 0.912 bits per heavy atom. The molecule has 4 aromatic rings. The standard InChI is InChI=1S/C25H21ClN4O4/c1-27-22(31)13-16-9-11-19(12-10-16)30-24(33)20-7-2-3-8-21(20)29(25(30)34)15-23(32)28-18-6-4-5-17(26)14-18/h2-12,14H,13,15H2,1H3,(H,27,31)(H,28,32). The summed E-state index contributed by atoms with van der Waals surface area (Å²) in [5, 5.41) is 6.04. The number of amides is 2. The van der Waals surface area contributed by atoms with Gasteiger partial charge in [-0.05, 0) is 48.0 Å². The minimum Gasteiger partial charge on any atom is -0.359 e. The minimum absolute atomic E-state index is 0.149. The number of carbonyl (C=O) groups is 2. The fourth-order valence-electron chi connectivity index (χ4n) is 3.65. The second-order valence-electron chi connectivity index (χ2n) is 7.60. The topological polar surface area (TPSA) is 102 Å². The zero-order chi connectivity index (χ0) is 24.2. The van der Waals surface area contributed by atoms with Crippen molar-refractivity contribution in [1.82, 2.24) is 14.5 Å². The maximum Gasteiger partial charge on any atom is 0.336 e. The van der Waals surface area contributed by atoms with Crippen LogP contribution in [0.15, 0.2) is 82.4 Å². The summed E-state index contributed by atoms with van der Waals surface area (Å²) in [5.74, 6) is -0.593. The van der Waals surface area contributed by atoms with Crippen LogP contribution in [0.4, 0.5) is 5.69 Å². The van der Waals surface area contributed by atoms with Crippen LogP contribution in [0, 0.1) is 0 Å². The number of rotatable bonds is 6. The molecule has 0 fully saturated rings. The van der Waals surface area contributed by atoms with Crippen molar-refractivity contribution in [3.63, 3.8) is 0 Å². The Morgan fingerprint density at radius 3 is 2.35 bits per heavy atom. The Bertz CT molecular complexity index is 1510. The van der Waals surface area contributed by atoms with Crippen molar-refractivity contribution < 1.29 is 9.59 Å². The first-order valence-electron chi connectivity index (χ1n) is 10.5. The van der Waals surface area contributed by atoms with Gasteiger partial charge in [-0.2, -0.15) is 0 Å². The summed E-state index contributed by atoms with van der Waals surface area (Å²) in [6.45, 7) is -0.305. The maximum atomic E-state index is 13.4. The first-order chi connectivity index (χ1) is 16.4. The molecule has 0 unspecified atom stereocenters. The van der Waals surface area contributed by atoms with E-state index in [2.05, 4.69) is 10.6 Å². The number of nitrogens with one attached hydrogen (secondary N) is 2. The number of benzene rings is 3. The van der Waals surface area contributed by atoms with Crippen LogP contribution in [0.3, 0.4) is 0 Å². The third-order valence-electron chi connectivity index (χ3n) is 5.30. The van der Waals surface area contributed by atoms with Crippen LogP contribution < -0.4 is 21.9 Å². The molecule has 2 amide bonds. The van der Waals surface area contributed by atoms with E-state index in [9.17, 15) is 19.2 Å². The molecule has 8 nitrogen and oxygen atoms in total. The summed E-state index contributed by atoms with van der Waals surface area (Å²) in [5.41, 5.74) is 0.778. The quantitative estimate of drug-likeness (QED) is 0.446. The van der Waals surface area contributed by atoms with Gasteiger partial charge in [0.15, 0.2) is 0 Å². The summed E-state index contributed by atoms with van der Waals surface area (Å²) >= 11 is 5.98. The van der Waals surface area contributed by atoms with Crippen molar-refractivity contribution in [3.05, 3.63) is 104 Å². The van der Waals surface area contributed by atoms with Crippen LogP contribution in [0.5, 0.6) is 0 Å². The molecule has 0 atom stereocenters. The van der Waals surface area contributed by atoms with Crippen LogP contribution in [0.2, 0.25) is 5.02 Å². The molecule has 1 aromatic heterocycles. The van der Waals surface area contributed by atoms with Crippen LogP contribution >= 0.6 is 11.6 Å². The van der Waals surface area contributed by atoms with Gasteiger partial charge in [-0.3, -0.25) is 19.0 Å². The monoisotopic (exact) mass is 476 g/mol. The summed E-state index contributed by atoms with van der Waals surface area (Å²) in [6.07, 6.45) is 0.178. The molecular formula is C25H21ClN4O4. The van der Waals surface area contributed by atoms with Crippen molar-refractivity contribution >= 4 is 40.0 Å². The van der Waals surface area contributed by atoms with Gasteiger partial charge in [-0.25, -0.2) is 9.36 Å². The smallest absolute Gasteiger partial charge is 0.336 e. The predicted octanol–water partition coefficient (Wildman–Crippen LogP) is 2.73. The van der Waals surface area contributed by atoms with E-state index in [1.807, 2.05) is 0 Å². The van der Waals surface area contributed by atoms with Gasteiger partial charge < -0.3 is 10.6 Å². The second kappa shape index (κ2) is 9.76. The van der Waals surface area contributed by atoms with Crippen molar-refractivity contribution in [2.75, 3.05) is 12.4 Å². The number of hydrogen-bond donors (Lipinski definition) is 2. The van der Waals surface area contributed by atoms with Gasteiger partial charge in [0, 0.05) is 17.8 Å². The van der Waals surface area contributed by atoms with E-state index < -0.39 is 17.2 Å². The van der Waals surface area contributed by atoms with Gasteiger partial charge in [0.2, 0.25) is 11.8 Å². The normalized spacial score (nSPS) is 10.8. The number of fused-ring (bicyclic) bond motifs is 1. The SMILES string of the molecule is CNC(=O)Cc1ccc(-n2c(=O)c3ccccc3n(CC(=O)Nc3cccc(Cl)c3)c2=O)cc1. The molecule has 2 N–H and O–H groups in total. The Hall–Kier alpha value is -4.17. The highest BCUT2D eigenvalue weighted by Crippen LogP contribution is 2.16. The summed E-state index contributed by atoms with van der Waals surface area (Å²) < 4.78 is 2.29. The van der Waals surface area contributed by atoms with Gasteiger partial charge in [0.25, 0.3) is 5.56 Å². The molecule has 3 aromatic carbocycles. The number of halogens is 1. The first kappa shape index (κ1) is 23.0. The van der Waals surface area contributed by atoms with Gasteiger partial charge in [0.05, 0.1) is 23.0 Å². The minimum atomic E-state index is -0.649. The molecule has 0 saturated carbocycles. The van der Waals surface area contributed by atoms with E-state index in [1.54, 1.807) is 79.8 Å². The van der Waals surface area contributed by atoms with Gasteiger partial charge in [0.1, 0.15) is 6.54 Å².